The summed E-state index contributed by atoms with van der Waals surface area (Å²) >= 11 is 0. The van der Waals surface area contributed by atoms with Crippen LogP contribution >= 0.6 is 0 Å². The number of hydrogen-bond donors (Lipinski definition) is 2. The molecule has 0 amide bonds. The molecule has 3 N–H and O–H groups in total. The predicted octanol–water partition coefficient (Wildman–Crippen LogP) is 0.574. The molecule has 1 aromatic rings. The van der Waals surface area contributed by atoms with E-state index in [1.54, 1.807) is 6.20 Å². The van der Waals surface area contributed by atoms with Gasteiger partial charge in [0.15, 0.2) is 0 Å². The van der Waals surface area contributed by atoms with Gasteiger partial charge in [-0.1, -0.05) is 12.1 Å². The van der Waals surface area contributed by atoms with Crippen molar-refractivity contribution in [2.24, 2.45) is 16.8 Å². The van der Waals surface area contributed by atoms with Crippen LogP contribution in [0.15, 0.2) is 17.5 Å². The molecule has 1 aromatic heterocycles. The maximum atomic E-state index is 8.44. The van der Waals surface area contributed by atoms with Crippen LogP contribution in [0.3, 0.4) is 0 Å². The van der Waals surface area contributed by atoms with Crippen molar-refractivity contribution in [3.05, 3.63) is 18.2 Å². The molecule has 0 radical (unpaired) electrons. The van der Waals surface area contributed by atoms with E-state index in [0.29, 0.717) is 6.54 Å². The monoisotopic (exact) mass is 182 g/mol. The summed E-state index contributed by atoms with van der Waals surface area (Å²) in [6.45, 7) is 4.50. The van der Waals surface area contributed by atoms with E-state index in [0.717, 1.165) is 5.82 Å². The molecule has 72 valence electrons. The van der Waals surface area contributed by atoms with Gasteiger partial charge >= 0.3 is 0 Å². The number of oxime groups is 1. The molecule has 0 fully saturated rings. The normalized spacial score (nSPS) is 14.5. The maximum absolute atomic E-state index is 8.44. The molecule has 5 nitrogen and oxygen atoms in total. The van der Waals surface area contributed by atoms with Gasteiger partial charge in [-0.15, -0.1) is 0 Å². The van der Waals surface area contributed by atoms with Gasteiger partial charge in [-0.25, -0.2) is 4.98 Å². The van der Waals surface area contributed by atoms with E-state index in [1.807, 2.05) is 24.6 Å². The number of imidazole rings is 1. The third-order valence-electron chi connectivity index (χ3n) is 2.01. The van der Waals surface area contributed by atoms with E-state index in [1.165, 1.54) is 0 Å². The van der Waals surface area contributed by atoms with Crippen LogP contribution in [0.2, 0.25) is 0 Å². The number of nitrogens with zero attached hydrogens (tertiary/aromatic N) is 3. The van der Waals surface area contributed by atoms with Crippen molar-refractivity contribution < 1.29 is 5.21 Å². The smallest absolute Gasteiger partial charge is 0.143 e. The van der Waals surface area contributed by atoms with Crippen molar-refractivity contribution in [1.82, 2.24) is 9.55 Å². The number of hydrogen-bond acceptors (Lipinski definition) is 3. The minimum atomic E-state index is 0.0119. The fraction of sp³-hybridized carbons (Fsp3) is 0.500. The summed E-state index contributed by atoms with van der Waals surface area (Å²) < 4.78 is 1.96. The molecule has 0 spiro atoms. The van der Waals surface area contributed by atoms with Gasteiger partial charge in [0.05, 0.1) is 0 Å². The maximum Gasteiger partial charge on any atom is 0.143 e. The summed E-state index contributed by atoms with van der Waals surface area (Å²) in [5.41, 5.74) is 5.45. The van der Waals surface area contributed by atoms with Gasteiger partial charge in [0, 0.05) is 24.9 Å². The fourth-order valence-electron chi connectivity index (χ4n) is 1.08. The van der Waals surface area contributed by atoms with E-state index in [4.69, 9.17) is 10.9 Å². The van der Waals surface area contributed by atoms with Crippen molar-refractivity contribution >= 4 is 5.84 Å². The van der Waals surface area contributed by atoms with Crippen LogP contribution in [0.4, 0.5) is 0 Å². The van der Waals surface area contributed by atoms with E-state index in [2.05, 4.69) is 10.1 Å². The zero-order valence-corrected chi connectivity index (χ0v) is 7.81. The highest BCUT2D eigenvalue weighted by Crippen LogP contribution is 2.03. The van der Waals surface area contributed by atoms with Gasteiger partial charge in [-0.3, -0.25) is 0 Å². The minimum absolute atomic E-state index is 0.0119. The third kappa shape index (κ3) is 2.21. The van der Waals surface area contributed by atoms with Crippen molar-refractivity contribution in [3.8, 4) is 0 Å². The standard InChI is InChI=1S/C8H14N4O/c1-6(8(9)11-13)5-12-4-3-10-7(12)2/h3-4,6,13H,5H2,1-2H3,(H2,9,11). The minimum Gasteiger partial charge on any atom is -0.409 e. The molecular weight excluding hydrogens is 168 g/mol. The second-order valence-corrected chi connectivity index (χ2v) is 3.05. The number of amidine groups is 1. The van der Waals surface area contributed by atoms with Crippen LogP contribution in [0.5, 0.6) is 0 Å². The first-order valence-electron chi connectivity index (χ1n) is 4.10. The third-order valence-corrected chi connectivity index (χ3v) is 2.01. The Balaban J connectivity index is 2.65. The van der Waals surface area contributed by atoms with Crippen LogP contribution in [0, 0.1) is 12.8 Å². The van der Waals surface area contributed by atoms with Crippen LogP contribution in [0.25, 0.3) is 0 Å². The lowest BCUT2D eigenvalue weighted by molar-refractivity contribution is 0.313. The molecule has 0 aliphatic rings. The van der Waals surface area contributed by atoms with Crippen molar-refractivity contribution in [2.45, 2.75) is 20.4 Å². The zero-order valence-electron chi connectivity index (χ0n) is 7.81. The number of nitrogens with two attached hydrogens (primary N) is 1. The quantitative estimate of drug-likeness (QED) is 0.310. The topological polar surface area (TPSA) is 76.4 Å². The largest absolute Gasteiger partial charge is 0.409 e. The Morgan fingerprint density at radius 3 is 3.00 bits per heavy atom. The van der Waals surface area contributed by atoms with Crippen LogP contribution < -0.4 is 5.73 Å². The van der Waals surface area contributed by atoms with Gasteiger partial charge in [0.25, 0.3) is 0 Å². The predicted molar refractivity (Wildman–Crippen MR) is 49.5 cm³/mol. The molecule has 0 saturated heterocycles. The zero-order chi connectivity index (χ0) is 9.84. The van der Waals surface area contributed by atoms with Crippen LogP contribution in [-0.2, 0) is 6.54 Å². The first-order chi connectivity index (χ1) is 6.15. The van der Waals surface area contributed by atoms with Gasteiger partial charge in [0.1, 0.15) is 11.7 Å². The summed E-state index contributed by atoms with van der Waals surface area (Å²) in [4.78, 5) is 4.07. The molecular formula is C8H14N4O. The fourth-order valence-corrected chi connectivity index (χ4v) is 1.08. The summed E-state index contributed by atoms with van der Waals surface area (Å²) in [6.07, 6.45) is 3.60. The Hall–Kier alpha value is -1.52. The average molecular weight is 182 g/mol. The molecule has 1 atom stereocenters. The summed E-state index contributed by atoms with van der Waals surface area (Å²) in [5.74, 6) is 1.18. The molecule has 0 aliphatic heterocycles. The highest BCUT2D eigenvalue weighted by molar-refractivity contribution is 5.81. The Morgan fingerprint density at radius 2 is 2.54 bits per heavy atom. The van der Waals surface area contributed by atoms with Crippen molar-refractivity contribution in [1.29, 1.82) is 0 Å². The molecule has 1 heterocycles. The van der Waals surface area contributed by atoms with Gasteiger partial charge < -0.3 is 15.5 Å². The summed E-state index contributed by atoms with van der Waals surface area (Å²) in [7, 11) is 0. The van der Waals surface area contributed by atoms with Crippen LogP contribution in [0.1, 0.15) is 12.7 Å². The molecule has 0 aromatic carbocycles. The second-order valence-electron chi connectivity index (χ2n) is 3.05. The van der Waals surface area contributed by atoms with Gasteiger partial charge in [-0.05, 0) is 6.92 Å². The molecule has 1 rings (SSSR count). The van der Waals surface area contributed by atoms with Crippen molar-refractivity contribution in [3.63, 3.8) is 0 Å². The SMILES string of the molecule is Cc1nccn1CC(C)/C(N)=N/O. The van der Waals surface area contributed by atoms with Gasteiger partial charge in [0.2, 0.25) is 0 Å². The molecule has 13 heavy (non-hydrogen) atoms. The van der Waals surface area contributed by atoms with E-state index >= 15 is 0 Å². The lowest BCUT2D eigenvalue weighted by Gasteiger charge is -2.11. The Morgan fingerprint density at radius 1 is 1.85 bits per heavy atom. The Kier molecular flexibility index (Phi) is 2.89. The van der Waals surface area contributed by atoms with Gasteiger partial charge in [-0.2, -0.15) is 0 Å². The van der Waals surface area contributed by atoms with Crippen LogP contribution in [-0.4, -0.2) is 20.6 Å². The molecule has 1 unspecified atom stereocenters. The Bertz CT molecular complexity index is 305. The molecule has 0 saturated carbocycles. The van der Waals surface area contributed by atoms with Crippen molar-refractivity contribution in [2.75, 3.05) is 0 Å². The Labute approximate surface area is 76.9 Å². The summed E-state index contributed by atoms with van der Waals surface area (Å²) in [5, 5.41) is 11.4. The van der Waals surface area contributed by atoms with E-state index in [9.17, 15) is 0 Å². The average Bonchev–Trinajstić information content (AvgIpc) is 2.50. The lowest BCUT2D eigenvalue weighted by atomic mass is 10.1. The number of rotatable bonds is 3. The molecule has 0 aliphatic carbocycles. The summed E-state index contributed by atoms with van der Waals surface area (Å²) in [6, 6.07) is 0. The van der Waals surface area contributed by atoms with E-state index in [-0.39, 0.29) is 11.8 Å². The van der Waals surface area contributed by atoms with E-state index < -0.39 is 0 Å². The number of aromatic nitrogens is 2. The number of aryl methyl sites for hydroxylation is 1. The first kappa shape index (κ1) is 9.57. The highest BCUT2D eigenvalue weighted by Gasteiger charge is 2.09. The molecule has 5 heteroatoms. The highest BCUT2D eigenvalue weighted by atomic mass is 16.4. The first-order valence-corrected chi connectivity index (χ1v) is 4.10. The lowest BCUT2D eigenvalue weighted by Crippen LogP contribution is -2.25. The molecule has 0 bridgehead atoms. The second kappa shape index (κ2) is 3.93.